The number of benzene rings is 1. The summed E-state index contributed by atoms with van der Waals surface area (Å²) in [6.45, 7) is 0.541. The number of fused-ring (bicyclic) bond motifs is 1. The van der Waals surface area contributed by atoms with Gasteiger partial charge in [0.2, 0.25) is 0 Å². The van der Waals surface area contributed by atoms with Gasteiger partial charge in [-0.15, -0.1) is 11.6 Å². The van der Waals surface area contributed by atoms with Crippen LogP contribution >= 0.6 is 11.6 Å². The van der Waals surface area contributed by atoms with Gasteiger partial charge in [0.25, 0.3) is 0 Å². The molecule has 0 saturated carbocycles. The summed E-state index contributed by atoms with van der Waals surface area (Å²) in [5, 5.41) is 9.17. The van der Waals surface area contributed by atoms with E-state index < -0.39 is 0 Å². The lowest BCUT2D eigenvalue weighted by atomic mass is 10.1. The number of hydrogen-bond donors (Lipinski definition) is 0. The van der Waals surface area contributed by atoms with Crippen molar-refractivity contribution >= 4 is 22.8 Å². The Hall–Kier alpha value is -2.38. The molecule has 0 saturated heterocycles. The van der Waals surface area contributed by atoms with E-state index in [1.807, 2.05) is 41.0 Å². The van der Waals surface area contributed by atoms with E-state index in [4.69, 9.17) is 11.6 Å². The molecule has 0 spiro atoms. The molecule has 0 aliphatic heterocycles. The predicted molar refractivity (Wildman–Crippen MR) is 77.3 cm³/mol. The van der Waals surface area contributed by atoms with Gasteiger partial charge in [-0.1, -0.05) is 18.2 Å². The number of alkyl halides is 1. The fourth-order valence-corrected chi connectivity index (χ4v) is 2.42. The Labute approximate surface area is 121 Å². The highest BCUT2D eigenvalue weighted by Crippen LogP contribution is 2.18. The minimum Gasteiger partial charge on any atom is -0.307 e. The van der Waals surface area contributed by atoms with E-state index >= 15 is 0 Å². The van der Waals surface area contributed by atoms with Crippen molar-refractivity contribution in [2.24, 2.45) is 0 Å². The minimum absolute atomic E-state index is 0.311. The van der Waals surface area contributed by atoms with E-state index in [0.29, 0.717) is 18.0 Å². The number of pyridine rings is 1. The van der Waals surface area contributed by atoms with Crippen LogP contribution in [0.1, 0.15) is 17.0 Å². The van der Waals surface area contributed by atoms with Crippen molar-refractivity contribution in [1.82, 2.24) is 14.5 Å². The van der Waals surface area contributed by atoms with Crippen molar-refractivity contribution in [3.8, 4) is 6.07 Å². The van der Waals surface area contributed by atoms with Crippen LogP contribution in [-0.4, -0.2) is 14.5 Å². The molecule has 0 atom stereocenters. The third-order valence-corrected chi connectivity index (χ3v) is 3.41. The molecule has 0 amide bonds. The van der Waals surface area contributed by atoms with Gasteiger partial charge in [0.05, 0.1) is 24.1 Å². The number of aromatic nitrogens is 3. The lowest BCUT2D eigenvalue weighted by Gasteiger charge is -2.08. The van der Waals surface area contributed by atoms with Crippen molar-refractivity contribution in [3.63, 3.8) is 0 Å². The summed E-state index contributed by atoms with van der Waals surface area (Å²) in [5.41, 5.74) is 3.20. The average Bonchev–Trinajstić information content (AvgIpc) is 2.86. The minimum atomic E-state index is 0.311. The van der Waals surface area contributed by atoms with E-state index in [0.717, 1.165) is 22.6 Å². The molecule has 0 bridgehead atoms. The molecule has 1 aromatic carbocycles. The summed E-state index contributed by atoms with van der Waals surface area (Å²) >= 11 is 5.97. The summed E-state index contributed by atoms with van der Waals surface area (Å²) in [4.78, 5) is 8.83. The van der Waals surface area contributed by atoms with Gasteiger partial charge in [-0.2, -0.15) is 5.26 Å². The van der Waals surface area contributed by atoms with Crippen molar-refractivity contribution < 1.29 is 0 Å². The van der Waals surface area contributed by atoms with Crippen LogP contribution in [0.3, 0.4) is 0 Å². The van der Waals surface area contributed by atoms with Gasteiger partial charge in [0.15, 0.2) is 5.65 Å². The van der Waals surface area contributed by atoms with Gasteiger partial charge in [0.1, 0.15) is 11.3 Å². The maximum absolute atomic E-state index is 9.17. The highest BCUT2D eigenvalue weighted by molar-refractivity contribution is 6.16. The molecule has 4 nitrogen and oxygen atoms in total. The highest BCUT2D eigenvalue weighted by Gasteiger charge is 2.12. The molecule has 2 heterocycles. The molecule has 20 heavy (non-hydrogen) atoms. The number of imidazole rings is 1. The molecule has 5 heteroatoms. The van der Waals surface area contributed by atoms with Crippen molar-refractivity contribution in [3.05, 3.63) is 59.5 Å². The summed E-state index contributed by atoms with van der Waals surface area (Å²) in [6, 6.07) is 13.5. The number of nitriles is 1. The Balaban J connectivity index is 2.13. The SMILES string of the molecule is N#Cc1ccccc1Cn1c(CCl)nc2cccnc21. The van der Waals surface area contributed by atoms with Crippen LogP contribution in [0.5, 0.6) is 0 Å². The Morgan fingerprint density at radius 1 is 1.20 bits per heavy atom. The third kappa shape index (κ3) is 2.13. The topological polar surface area (TPSA) is 54.5 Å². The lowest BCUT2D eigenvalue weighted by Crippen LogP contribution is -2.06. The molecule has 3 aromatic rings. The van der Waals surface area contributed by atoms with E-state index in [2.05, 4.69) is 16.0 Å². The van der Waals surface area contributed by atoms with Gasteiger partial charge in [-0.05, 0) is 23.8 Å². The first-order chi connectivity index (χ1) is 9.83. The third-order valence-electron chi connectivity index (χ3n) is 3.17. The van der Waals surface area contributed by atoms with Crippen molar-refractivity contribution in [2.45, 2.75) is 12.4 Å². The first-order valence-electron chi connectivity index (χ1n) is 6.17. The quantitative estimate of drug-likeness (QED) is 0.694. The normalized spacial score (nSPS) is 10.6. The second-order valence-corrected chi connectivity index (χ2v) is 4.63. The first kappa shape index (κ1) is 12.6. The van der Waals surface area contributed by atoms with Gasteiger partial charge in [0, 0.05) is 6.20 Å². The van der Waals surface area contributed by atoms with E-state index in [-0.39, 0.29) is 0 Å². The molecular formula is C15H11ClN4. The Morgan fingerprint density at radius 2 is 2.05 bits per heavy atom. The zero-order valence-electron chi connectivity index (χ0n) is 10.6. The van der Waals surface area contributed by atoms with Gasteiger partial charge in [-0.25, -0.2) is 9.97 Å². The first-order valence-corrected chi connectivity index (χ1v) is 6.71. The van der Waals surface area contributed by atoms with Gasteiger partial charge < -0.3 is 4.57 Å². The molecular weight excluding hydrogens is 272 g/mol. The molecule has 0 aliphatic carbocycles. The van der Waals surface area contributed by atoms with E-state index in [1.54, 1.807) is 6.20 Å². The predicted octanol–water partition coefficient (Wildman–Crippen LogP) is 3.09. The monoisotopic (exact) mass is 282 g/mol. The van der Waals surface area contributed by atoms with Crippen LogP contribution in [0.4, 0.5) is 0 Å². The molecule has 98 valence electrons. The maximum Gasteiger partial charge on any atom is 0.160 e. The Kier molecular flexibility index (Phi) is 3.36. The summed E-state index contributed by atoms with van der Waals surface area (Å²) in [5.74, 6) is 1.07. The highest BCUT2D eigenvalue weighted by atomic mass is 35.5. The van der Waals surface area contributed by atoms with Crippen molar-refractivity contribution in [2.75, 3.05) is 0 Å². The number of rotatable bonds is 3. The van der Waals surface area contributed by atoms with Crippen LogP contribution in [0, 0.1) is 11.3 Å². The molecule has 3 rings (SSSR count). The Morgan fingerprint density at radius 3 is 2.85 bits per heavy atom. The maximum atomic E-state index is 9.17. The summed E-state index contributed by atoms with van der Waals surface area (Å²) in [6.07, 6.45) is 1.73. The van der Waals surface area contributed by atoms with Crippen LogP contribution in [0.25, 0.3) is 11.2 Å². The average molecular weight is 283 g/mol. The fraction of sp³-hybridized carbons (Fsp3) is 0.133. The van der Waals surface area contributed by atoms with Crippen LogP contribution < -0.4 is 0 Å². The number of hydrogen-bond acceptors (Lipinski definition) is 3. The Bertz CT molecular complexity index is 801. The standard InChI is InChI=1S/C15H11ClN4/c16-8-14-19-13-6-3-7-18-15(13)20(14)10-12-5-2-1-4-11(12)9-17/h1-7H,8,10H2. The van der Waals surface area contributed by atoms with Crippen LogP contribution in [-0.2, 0) is 12.4 Å². The second kappa shape index (κ2) is 5.32. The van der Waals surface area contributed by atoms with Crippen LogP contribution in [0.15, 0.2) is 42.6 Å². The molecule has 2 aromatic heterocycles. The largest absolute Gasteiger partial charge is 0.307 e. The molecule has 0 radical (unpaired) electrons. The second-order valence-electron chi connectivity index (χ2n) is 4.36. The zero-order chi connectivity index (χ0) is 13.9. The molecule has 0 N–H and O–H groups in total. The zero-order valence-corrected chi connectivity index (χ0v) is 11.4. The van der Waals surface area contributed by atoms with Crippen LogP contribution in [0.2, 0.25) is 0 Å². The van der Waals surface area contributed by atoms with Crippen molar-refractivity contribution in [1.29, 1.82) is 5.26 Å². The summed E-state index contributed by atoms with van der Waals surface area (Å²) < 4.78 is 1.96. The van der Waals surface area contributed by atoms with Gasteiger partial charge >= 0.3 is 0 Å². The van der Waals surface area contributed by atoms with Gasteiger partial charge in [-0.3, -0.25) is 0 Å². The van der Waals surface area contributed by atoms with E-state index in [9.17, 15) is 5.26 Å². The fourth-order valence-electron chi connectivity index (χ4n) is 2.21. The van der Waals surface area contributed by atoms with E-state index in [1.165, 1.54) is 0 Å². The smallest absolute Gasteiger partial charge is 0.160 e. The molecule has 0 aliphatic rings. The lowest BCUT2D eigenvalue weighted by molar-refractivity contribution is 0.769. The number of halogens is 1. The molecule has 0 unspecified atom stereocenters. The number of nitrogens with zero attached hydrogens (tertiary/aromatic N) is 4. The summed E-state index contributed by atoms with van der Waals surface area (Å²) in [7, 11) is 0. The molecule has 0 fully saturated rings.